The smallest absolute Gasteiger partial charge is 0.233 e. The Bertz CT molecular complexity index is 787. The van der Waals surface area contributed by atoms with Gasteiger partial charge in [0, 0.05) is 32.6 Å². The fourth-order valence-electron chi connectivity index (χ4n) is 2.25. The summed E-state index contributed by atoms with van der Waals surface area (Å²) in [4.78, 5) is 13.8. The zero-order valence-corrected chi connectivity index (χ0v) is 14.8. The zero-order chi connectivity index (χ0) is 17.7. The molecular formula is C16H21N3O4S. The summed E-state index contributed by atoms with van der Waals surface area (Å²) in [6.45, 7) is 2.17. The van der Waals surface area contributed by atoms with E-state index in [1.807, 2.05) is 30.3 Å². The van der Waals surface area contributed by atoms with Crippen LogP contribution < -0.4 is 4.31 Å². The van der Waals surface area contributed by atoms with E-state index in [-0.39, 0.29) is 24.7 Å². The average Bonchev–Trinajstić information content (AvgIpc) is 2.93. The van der Waals surface area contributed by atoms with Gasteiger partial charge in [-0.15, -0.1) is 0 Å². The molecule has 0 fully saturated rings. The number of nitrogens with zero attached hydrogens (tertiary/aromatic N) is 3. The molecule has 7 nitrogen and oxygen atoms in total. The molecule has 0 saturated carbocycles. The van der Waals surface area contributed by atoms with Gasteiger partial charge in [-0.3, -0.25) is 9.10 Å². The van der Waals surface area contributed by atoms with Gasteiger partial charge in [0.05, 0.1) is 6.26 Å². The Balaban J connectivity index is 1.99. The van der Waals surface area contributed by atoms with Gasteiger partial charge in [0.25, 0.3) is 0 Å². The quantitative estimate of drug-likeness (QED) is 0.759. The van der Waals surface area contributed by atoms with Crippen LogP contribution >= 0.6 is 0 Å². The van der Waals surface area contributed by atoms with Crippen LogP contribution in [0.4, 0.5) is 5.82 Å². The second-order valence-electron chi connectivity index (χ2n) is 5.62. The van der Waals surface area contributed by atoms with Crippen LogP contribution in [0.5, 0.6) is 0 Å². The number of aryl methyl sites for hydroxylation is 1. The third-order valence-corrected chi connectivity index (χ3v) is 4.66. The summed E-state index contributed by atoms with van der Waals surface area (Å²) in [6.07, 6.45) is 1.14. The van der Waals surface area contributed by atoms with Crippen molar-refractivity contribution in [3.8, 4) is 0 Å². The minimum absolute atomic E-state index is 0.0166. The van der Waals surface area contributed by atoms with Crippen LogP contribution in [0, 0.1) is 6.92 Å². The number of carbonyl (C=O) groups is 1. The van der Waals surface area contributed by atoms with E-state index in [0.29, 0.717) is 12.3 Å². The highest BCUT2D eigenvalue weighted by molar-refractivity contribution is 7.92. The fourth-order valence-corrected chi connectivity index (χ4v) is 3.10. The maximum atomic E-state index is 12.3. The molecule has 1 aromatic heterocycles. The van der Waals surface area contributed by atoms with E-state index in [2.05, 4.69) is 5.16 Å². The van der Waals surface area contributed by atoms with Gasteiger partial charge >= 0.3 is 0 Å². The Hall–Kier alpha value is -2.35. The van der Waals surface area contributed by atoms with Gasteiger partial charge in [-0.05, 0) is 12.5 Å². The summed E-state index contributed by atoms with van der Waals surface area (Å²) in [7, 11) is -1.85. The lowest BCUT2D eigenvalue weighted by molar-refractivity contribution is -0.130. The number of sulfonamides is 1. The molecule has 2 aromatic rings. The average molecular weight is 351 g/mol. The third-order valence-electron chi connectivity index (χ3n) is 3.49. The first-order valence-corrected chi connectivity index (χ1v) is 9.31. The zero-order valence-electron chi connectivity index (χ0n) is 14.0. The molecule has 0 saturated heterocycles. The normalized spacial score (nSPS) is 11.3. The molecule has 1 amide bonds. The molecule has 0 radical (unpaired) electrons. The number of hydrogen-bond acceptors (Lipinski definition) is 5. The van der Waals surface area contributed by atoms with Crippen molar-refractivity contribution in [3.63, 3.8) is 0 Å². The van der Waals surface area contributed by atoms with E-state index >= 15 is 0 Å². The highest BCUT2D eigenvalue weighted by Crippen LogP contribution is 2.17. The van der Waals surface area contributed by atoms with Gasteiger partial charge in [0.1, 0.15) is 5.76 Å². The summed E-state index contributed by atoms with van der Waals surface area (Å²) >= 11 is 0. The minimum Gasteiger partial charge on any atom is -0.360 e. The van der Waals surface area contributed by atoms with Crippen LogP contribution in [-0.2, 0) is 21.4 Å². The first-order chi connectivity index (χ1) is 11.3. The molecule has 24 heavy (non-hydrogen) atoms. The van der Waals surface area contributed by atoms with Crippen molar-refractivity contribution in [2.24, 2.45) is 0 Å². The number of rotatable bonds is 7. The highest BCUT2D eigenvalue weighted by Gasteiger charge is 2.22. The van der Waals surface area contributed by atoms with Crippen LogP contribution in [0.15, 0.2) is 40.9 Å². The molecule has 0 aliphatic heterocycles. The maximum absolute atomic E-state index is 12.3. The maximum Gasteiger partial charge on any atom is 0.233 e. The molecule has 8 heteroatoms. The Kier molecular flexibility index (Phi) is 5.61. The lowest BCUT2D eigenvalue weighted by atomic mass is 10.2. The predicted octanol–water partition coefficient (Wildman–Crippen LogP) is 1.80. The lowest BCUT2D eigenvalue weighted by Gasteiger charge is -2.21. The molecule has 2 rings (SSSR count). The van der Waals surface area contributed by atoms with Crippen LogP contribution in [0.3, 0.4) is 0 Å². The molecule has 0 spiro atoms. The van der Waals surface area contributed by atoms with Crippen molar-refractivity contribution in [3.05, 3.63) is 47.7 Å². The van der Waals surface area contributed by atoms with Crippen molar-refractivity contribution in [1.82, 2.24) is 10.1 Å². The van der Waals surface area contributed by atoms with Crippen molar-refractivity contribution in [1.29, 1.82) is 0 Å². The summed E-state index contributed by atoms with van der Waals surface area (Å²) in [5, 5.41) is 3.72. The molecule has 1 heterocycles. The SMILES string of the molecule is Cc1cc(N(CCC(=O)N(C)Cc2ccccc2)S(C)(=O)=O)no1. The Labute approximate surface area is 141 Å². The summed E-state index contributed by atoms with van der Waals surface area (Å²) in [6, 6.07) is 11.1. The molecule has 130 valence electrons. The molecule has 1 aromatic carbocycles. The van der Waals surface area contributed by atoms with Gasteiger partial charge in [-0.1, -0.05) is 35.5 Å². The minimum atomic E-state index is -3.54. The van der Waals surface area contributed by atoms with Crippen LogP contribution in [0.2, 0.25) is 0 Å². The Morgan fingerprint density at radius 3 is 2.46 bits per heavy atom. The molecule has 0 aliphatic carbocycles. The Morgan fingerprint density at radius 1 is 1.25 bits per heavy atom. The number of aromatic nitrogens is 1. The Morgan fingerprint density at radius 2 is 1.92 bits per heavy atom. The van der Waals surface area contributed by atoms with E-state index in [1.165, 1.54) is 6.07 Å². The van der Waals surface area contributed by atoms with Crippen LogP contribution in [0.25, 0.3) is 0 Å². The molecule has 0 aliphatic rings. The molecule has 0 unspecified atom stereocenters. The van der Waals surface area contributed by atoms with Gasteiger partial charge in [-0.2, -0.15) is 0 Å². The highest BCUT2D eigenvalue weighted by atomic mass is 32.2. The molecule has 0 bridgehead atoms. The number of amides is 1. The van der Waals surface area contributed by atoms with E-state index in [1.54, 1.807) is 18.9 Å². The van der Waals surface area contributed by atoms with E-state index in [0.717, 1.165) is 16.1 Å². The summed E-state index contributed by atoms with van der Waals surface area (Å²) in [5.74, 6) is 0.549. The van der Waals surface area contributed by atoms with Crippen LogP contribution in [-0.4, -0.2) is 44.2 Å². The van der Waals surface area contributed by atoms with Gasteiger partial charge < -0.3 is 9.42 Å². The first-order valence-electron chi connectivity index (χ1n) is 7.46. The largest absolute Gasteiger partial charge is 0.360 e. The van der Waals surface area contributed by atoms with Crippen molar-refractivity contribution in [2.75, 3.05) is 24.2 Å². The van der Waals surface area contributed by atoms with E-state index in [4.69, 9.17) is 4.52 Å². The van der Waals surface area contributed by atoms with E-state index < -0.39 is 10.0 Å². The first kappa shape index (κ1) is 18.0. The second-order valence-corrected chi connectivity index (χ2v) is 7.52. The van der Waals surface area contributed by atoms with Crippen molar-refractivity contribution >= 4 is 21.7 Å². The molecule has 0 atom stereocenters. The summed E-state index contributed by atoms with van der Waals surface area (Å²) in [5.41, 5.74) is 1.01. The van der Waals surface area contributed by atoms with Crippen LogP contribution in [0.1, 0.15) is 17.7 Å². The van der Waals surface area contributed by atoms with Crippen molar-refractivity contribution < 1.29 is 17.7 Å². The predicted molar refractivity (Wildman–Crippen MR) is 91.0 cm³/mol. The van der Waals surface area contributed by atoms with E-state index in [9.17, 15) is 13.2 Å². The number of carbonyl (C=O) groups excluding carboxylic acids is 1. The second kappa shape index (κ2) is 7.48. The van der Waals surface area contributed by atoms with Crippen molar-refractivity contribution in [2.45, 2.75) is 19.9 Å². The monoisotopic (exact) mass is 351 g/mol. The third kappa shape index (κ3) is 4.82. The lowest BCUT2D eigenvalue weighted by Crippen LogP contribution is -2.35. The van der Waals surface area contributed by atoms with Gasteiger partial charge in [0.15, 0.2) is 5.82 Å². The number of benzene rings is 1. The number of anilines is 1. The topological polar surface area (TPSA) is 83.7 Å². The summed E-state index contributed by atoms with van der Waals surface area (Å²) < 4.78 is 29.9. The molecular weight excluding hydrogens is 330 g/mol. The van der Waals surface area contributed by atoms with Gasteiger partial charge in [0.2, 0.25) is 15.9 Å². The standard InChI is InChI=1S/C16H21N3O4S/c1-13-11-15(17-23-13)19(24(3,21)22)10-9-16(20)18(2)12-14-7-5-4-6-8-14/h4-8,11H,9-10,12H2,1-3H3. The van der Waals surface area contributed by atoms with Gasteiger partial charge in [-0.25, -0.2) is 8.42 Å². The molecule has 0 N–H and O–H groups in total. The number of hydrogen-bond donors (Lipinski definition) is 0. The fraction of sp³-hybridized carbons (Fsp3) is 0.375.